The van der Waals surface area contributed by atoms with Gasteiger partial charge in [-0.2, -0.15) is 5.10 Å². The van der Waals surface area contributed by atoms with Crippen molar-refractivity contribution >= 4 is 17.4 Å². The van der Waals surface area contributed by atoms with Crippen LogP contribution < -0.4 is 5.32 Å². The third-order valence-corrected chi connectivity index (χ3v) is 5.63. The fraction of sp³-hybridized carbons (Fsp3) is 0.550. The Labute approximate surface area is 164 Å². The van der Waals surface area contributed by atoms with Crippen molar-refractivity contribution < 1.29 is 14.3 Å². The molecule has 1 aromatic heterocycles. The lowest BCUT2D eigenvalue weighted by Crippen LogP contribution is -2.41. The van der Waals surface area contributed by atoms with Crippen LogP contribution in [0.4, 0.5) is 4.79 Å². The molecule has 28 heavy (non-hydrogen) atoms. The number of nitrogens with zero attached hydrogens (tertiary/aromatic N) is 4. The van der Waals surface area contributed by atoms with E-state index in [9.17, 15) is 4.79 Å². The number of methoxy groups -OCH3 is 2. The van der Waals surface area contributed by atoms with Crippen molar-refractivity contribution in [2.75, 3.05) is 33.9 Å². The van der Waals surface area contributed by atoms with Gasteiger partial charge in [-0.3, -0.25) is 10.00 Å². The molecule has 1 aliphatic carbocycles. The summed E-state index contributed by atoms with van der Waals surface area (Å²) in [6.45, 7) is 2.17. The molecule has 1 fully saturated rings. The number of amides is 2. The largest absolute Gasteiger partial charge is 0.501 e. The second-order valence-electron chi connectivity index (χ2n) is 7.56. The van der Waals surface area contributed by atoms with Gasteiger partial charge in [-0.1, -0.05) is 0 Å². The van der Waals surface area contributed by atoms with Gasteiger partial charge in [0.05, 0.1) is 25.6 Å². The van der Waals surface area contributed by atoms with Crippen LogP contribution in [0.5, 0.6) is 0 Å². The van der Waals surface area contributed by atoms with E-state index in [1.807, 2.05) is 24.3 Å². The summed E-state index contributed by atoms with van der Waals surface area (Å²) < 4.78 is 12.6. The quantitative estimate of drug-likeness (QED) is 0.862. The van der Waals surface area contributed by atoms with Crippen molar-refractivity contribution in [1.29, 1.82) is 0 Å². The van der Waals surface area contributed by atoms with Crippen molar-refractivity contribution in [1.82, 2.24) is 20.0 Å². The highest BCUT2D eigenvalue weighted by molar-refractivity contribution is 6.03. The van der Waals surface area contributed by atoms with Crippen LogP contribution in [0.25, 0.3) is 5.57 Å². The molecule has 4 rings (SSSR count). The second kappa shape index (κ2) is 7.79. The molecule has 1 saturated heterocycles. The van der Waals surface area contributed by atoms with Crippen LogP contribution in [-0.2, 0) is 16.5 Å². The molecule has 0 unspecified atom stereocenters. The SMILES string of the molecule is COC[C@H]1CCN(C(=O)NC2=NC3=C(c4cnn(C)c4)CCC(OC)=C3C2)C1. The molecule has 0 saturated carbocycles. The third-order valence-electron chi connectivity index (χ3n) is 5.63. The van der Waals surface area contributed by atoms with Crippen LogP contribution in [0.15, 0.2) is 34.4 Å². The highest BCUT2D eigenvalue weighted by atomic mass is 16.5. The van der Waals surface area contributed by atoms with Crippen molar-refractivity contribution in [2.45, 2.75) is 25.7 Å². The molecule has 2 amide bonds. The van der Waals surface area contributed by atoms with E-state index in [2.05, 4.69) is 10.4 Å². The fourth-order valence-corrected chi connectivity index (χ4v) is 4.23. The highest BCUT2D eigenvalue weighted by Crippen LogP contribution is 2.41. The van der Waals surface area contributed by atoms with Gasteiger partial charge in [0, 0.05) is 63.3 Å². The molecule has 0 bridgehead atoms. The number of amidine groups is 1. The summed E-state index contributed by atoms with van der Waals surface area (Å²) >= 11 is 0. The minimum absolute atomic E-state index is 0.0842. The number of nitrogens with one attached hydrogen (secondary N) is 1. The van der Waals surface area contributed by atoms with E-state index >= 15 is 0 Å². The number of carbonyl (C=O) groups excluding carboxylic acids is 1. The number of aryl methyl sites for hydroxylation is 1. The number of aromatic nitrogens is 2. The minimum Gasteiger partial charge on any atom is -0.501 e. The molecular formula is C20H27N5O3. The van der Waals surface area contributed by atoms with Crippen molar-refractivity contribution in [3.05, 3.63) is 35.0 Å². The smallest absolute Gasteiger partial charge is 0.322 e. The number of rotatable bonds is 4. The van der Waals surface area contributed by atoms with E-state index in [0.29, 0.717) is 24.8 Å². The van der Waals surface area contributed by atoms with Crippen LogP contribution in [0.3, 0.4) is 0 Å². The van der Waals surface area contributed by atoms with E-state index in [0.717, 1.165) is 60.5 Å². The van der Waals surface area contributed by atoms with Gasteiger partial charge in [0.15, 0.2) is 0 Å². The van der Waals surface area contributed by atoms with E-state index < -0.39 is 0 Å². The molecular weight excluding hydrogens is 358 g/mol. The van der Waals surface area contributed by atoms with Crippen LogP contribution in [0, 0.1) is 5.92 Å². The van der Waals surface area contributed by atoms with Crippen molar-refractivity contribution in [3.8, 4) is 0 Å². The second-order valence-corrected chi connectivity index (χ2v) is 7.56. The Morgan fingerprint density at radius 2 is 2.18 bits per heavy atom. The zero-order chi connectivity index (χ0) is 19.7. The maximum Gasteiger partial charge on any atom is 0.322 e. The lowest BCUT2D eigenvalue weighted by molar-refractivity contribution is 0.154. The molecule has 3 heterocycles. The first-order valence-corrected chi connectivity index (χ1v) is 9.70. The van der Waals surface area contributed by atoms with Crippen molar-refractivity contribution in [2.24, 2.45) is 18.0 Å². The zero-order valence-corrected chi connectivity index (χ0v) is 16.7. The van der Waals surface area contributed by atoms with Gasteiger partial charge in [0.25, 0.3) is 0 Å². The molecule has 1 atom stereocenters. The third kappa shape index (κ3) is 3.56. The Hall–Kier alpha value is -2.61. The van der Waals surface area contributed by atoms with Crippen molar-refractivity contribution in [3.63, 3.8) is 0 Å². The summed E-state index contributed by atoms with van der Waals surface area (Å²) in [4.78, 5) is 19.3. The lowest BCUT2D eigenvalue weighted by Gasteiger charge is -2.19. The van der Waals surface area contributed by atoms with Gasteiger partial charge in [0.2, 0.25) is 0 Å². The van der Waals surface area contributed by atoms with Gasteiger partial charge in [-0.25, -0.2) is 9.79 Å². The average molecular weight is 385 g/mol. The number of aliphatic imine (C=N–C) groups is 1. The Bertz CT molecular complexity index is 867. The van der Waals surface area contributed by atoms with Crippen LogP contribution in [0.1, 0.15) is 31.2 Å². The molecule has 3 aliphatic rings. The summed E-state index contributed by atoms with van der Waals surface area (Å²) in [7, 11) is 5.31. The van der Waals surface area contributed by atoms with Gasteiger partial charge in [0.1, 0.15) is 11.6 Å². The first kappa shape index (κ1) is 18.7. The molecule has 8 heteroatoms. The zero-order valence-electron chi connectivity index (χ0n) is 16.7. The summed E-state index contributed by atoms with van der Waals surface area (Å²) in [5.41, 5.74) is 4.23. The maximum atomic E-state index is 12.7. The fourth-order valence-electron chi connectivity index (χ4n) is 4.23. The molecule has 0 spiro atoms. The predicted octanol–water partition coefficient (Wildman–Crippen LogP) is 2.31. The molecule has 1 aromatic rings. The standard InChI is InChI=1S/C20H27N5O3/c1-24-11-14(9-21-24)15-4-5-17(28-3)16-8-18(22-19(15)16)23-20(26)25-7-6-13(10-25)12-27-2/h9,11,13H,4-8,10,12H2,1-3H3,(H,22,23,26)/t13-/m0/s1. The topological polar surface area (TPSA) is 81.0 Å². The average Bonchev–Trinajstić information content (AvgIpc) is 3.40. The predicted molar refractivity (Wildman–Crippen MR) is 106 cm³/mol. The monoisotopic (exact) mass is 385 g/mol. The van der Waals surface area contributed by atoms with Gasteiger partial charge >= 0.3 is 6.03 Å². The molecule has 150 valence electrons. The number of urea groups is 1. The lowest BCUT2D eigenvalue weighted by atomic mass is 9.91. The Morgan fingerprint density at radius 3 is 2.89 bits per heavy atom. The summed E-state index contributed by atoms with van der Waals surface area (Å²) in [6.07, 6.45) is 7.12. The normalized spacial score (nSPS) is 21.9. The molecule has 0 aromatic carbocycles. The molecule has 0 radical (unpaired) electrons. The summed E-state index contributed by atoms with van der Waals surface area (Å²) in [5, 5.41) is 7.30. The maximum absolute atomic E-state index is 12.7. The summed E-state index contributed by atoms with van der Waals surface area (Å²) in [5.74, 6) is 2.05. The Balaban J connectivity index is 1.54. The number of carbonyl (C=O) groups is 1. The number of hydrogen-bond donors (Lipinski definition) is 1. The molecule has 1 N–H and O–H groups in total. The van der Waals surface area contributed by atoms with Gasteiger partial charge in [-0.15, -0.1) is 0 Å². The van der Waals surface area contributed by atoms with Crippen LogP contribution in [-0.4, -0.2) is 60.5 Å². The molecule has 8 nitrogen and oxygen atoms in total. The molecule has 2 aliphatic heterocycles. The number of likely N-dealkylation sites (tertiary alicyclic amines) is 1. The van der Waals surface area contributed by atoms with E-state index in [4.69, 9.17) is 14.5 Å². The van der Waals surface area contributed by atoms with Gasteiger partial charge < -0.3 is 14.4 Å². The number of fused-ring (bicyclic) bond motifs is 1. The van der Waals surface area contributed by atoms with Gasteiger partial charge in [-0.05, 0) is 18.4 Å². The first-order valence-electron chi connectivity index (χ1n) is 9.70. The van der Waals surface area contributed by atoms with Crippen LogP contribution in [0.2, 0.25) is 0 Å². The minimum atomic E-state index is -0.0842. The van der Waals surface area contributed by atoms with E-state index in [1.165, 1.54) is 0 Å². The number of hydrogen-bond acceptors (Lipinski definition) is 5. The Morgan fingerprint density at radius 1 is 1.32 bits per heavy atom. The van der Waals surface area contributed by atoms with E-state index in [-0.39, 0.29) is 6.03 Å². The van der Waals surface area contributed by atoms with Crippen LogP contribution >= 0.6 is 0 Å². The number of ether oxygens (including phenoxy) is 2. The summed E-state index contributed by atoms with van der Waals surface area (Å²) in [6, 6.07) is -0.0842. The highest BCUT2D eigenvalue weighted by Gasteiger charge is 2.32. The first-order chi connectivity index (χ1) is 13.6. The Kier molecular flexibility index (Phi) is 5.21. The van der Waals surface area contributed by atoms with E-state index in [1.54, 1.807) is 18.9 Å². The number of allylic oxidation sites excluding steroid dienone is 3.